The highest BCUT2D eigenvalue weighted by Gasteiger charge is 2.16. The van der Waals surface area contributed by atoms with Crippen LogP contribution in [0.5, 0.6) is 0 Å². The second kappa shape index (κ2) is 5.37. The number of sulfone groups is 1. The van der Waals surface area contributed by atoms with E-state index in [-0.39, 0.29) is 17.3 Å². The quantitative estimate of drug-likeness (QED) is 0.762. The Hall–Kier alpha value is -0.930. The van der Waals surface area contributed by atoms with Gasteiger partial charge in [0.1, 0.15) is 15.7 Å². The fourth-order valence-corrected chi connectivity index (χ4v) is 2.48. The van der Waals surface area contributed by atoms with E-state index in [9.17, 15) is 16.8 Å². The van der Waals surface area contributed by atoms with Crippen LogP contribution in [0.1, 0.15) is 19.2 Å². The normalized spacial score (nSPS) is 12.8. The molecule has 1 aromatic rings. The van der Waals surface area contributed by atoms with Gasteiger partial charge >= 0.3 is 0 Å². The molecule has 0 amide bonds. The van der Waals surface area contributed by atoms with Gasteiger partial charge in [-0.3, -0.25) is 0 Å². The zero-order valence-electron chi connectivity index (χ0n) is 10.3. The summed E-state index contributed by atoms with van der Waals surface area (Å²) in [6.45, 7) is 2.10. The topological polar surface area (TPSA) is 112 Å². The van der Waals surface area contributed by atoms with E-state index in [4.69, 9.17) is 5.14 Å². The van der Waals surface area contributed by atoms with Gasteiger partial charge in [-0.15, -0.1) is 0 Å². The van der Waals surface area contributed by atoms with Crippen LogP contribution in [0.4, 0.5) is 0 Å². The molecule has 0 spiro atoms. The van der Waals surface area contributed by atoms with Crippen LogP contribution in [0.15, 0.2) is 11.2 Å². The van der Waals surface area contributed by atoms with Crippen LogP contribution in [0.3, 0.4) is 0 Å². The van der Waals surface area contributed by atoms with Crippen LogP contribution < -0.4 is 5.14 Å². The average Bonchev–Trinajstić information content (AvgIpc) is 2.57. The molecular weight excluding hydrogens is 278 g/mol. The third-order valence-electron chi connectivity index (χ3n) is 2.31. The first-order valence-electron chi connectivity index (χ1n) is 5.40. The van der Waals surface area contributed by atoms with E-state index in [1.165, 1.54) is 10.8 Å². The summed E-state index contributed by atoms with van der Waals surface area (Å²) >= 11 is 0. The van der Waals surface area contributed by atoms with Gasteiger partial charge in [0.25, 0.3) is 10.0 Å². The molecule has 104 valence electrons. The monoisotopic (exact) mass is 295 g/mol. The highest BCUT2D eigenvalue weighted by Crippen LogP contribution is 2.10. The van der Waals surface area contributed by atoms with Gasteiger partial charge in [-0.25, -0.2) is 27.0 Å². The number of imidazole rings is 1. The largest absolute Gasteiger partial charge is 0.332 e. The van der Waals surface area contributed by atoms with Gasteiger partial charge < -0.3 is 4.57 Å². The van der Waals surface area contributed by atoms with Crippen molar-refractivity contribution in [2.45, 2.75) is 31.3 Å². The fraction of sp³-hybridized carbons (Fsp3) is 0.667. The Labute approximate surface area is 107 Å². The Balaban J connectivity index is 3.05. The molecule has 0 fully saturated rings. The highest BCUT2D eigenvalue weighted by atomic mass is 32.2. The third-order valence-corrected chi connectivity index (χ3v) is 4.01. The zero-order valence-corrected chi connectivity index (χ0v) is 12.0. The molecule has 7 nitrogen and oxygen atoms in total. The molecular formula is C9H17N3O4S2. The van der Waals surface area contributed by atoms with Gasteiger partial charge in [0.2, 0.25) is 0 Å². The molecule has 0 aliphatic heterocycles. The van der Waals surface area contributed by atoms with Crippen molar-refractivity contribution in [1.82, 2.24) is 9.55 Å². The van der Waals surface area contributed by atoms with Crippen LogP contribution in [-0.2, 0) is 32.8 Å². The highest BCUT2D eigenvalue weighted by molar-refractivity contribution is 7.90. The lowest BCUT2D eigenvalue weighted by Gasteiger charge is -2.05. The Morgan fingerprint density at radius 3 is 2.39 bits per heavy atom. The van der Waals surface area contributed by atoms with E-state index in [0.717, 1.165) is 12.7 Å². The van der Waals surface area contributed by atoms with E-state index < -0.39 is 19.9 Å². The molecule has 0 aliphatic carbocycles. The molecule has 0 atom stereocenters. The van der Waals surface area contributed by atoms with Crippen molar-refractivity contribution in [2.75, 3.05) is 12.0 Å². The lowest BCUT2D eigenvalue weighted by atomic mass is 10.3. The summed E-state index contributed by atoms with van der Waals surface area (Å²) in [6.07, 6.45) is 3.76. The number of primary sulfonamides is 1. The zero-order chi connectivity index (χ0) is 14.0. The molecule has 0 aliphatic rings. The van der Waals surface area contributed by atoms with Gasteiger partial charge in [0.15, 0.2) is 5.03 Å². The summed E-state index contributed by atoms with van der Waals surface area (Å²) in [5.74, 6) is 0.467. The maximum atomic E-state index is 11.2. The smallest absolute Gasteiger partial charge is 0.257 e. The number of rotatable bonds is 6. The maximum absolute atomic E-state index is 11.2. The molecule has 0 saturated carbocycles. The third kappa shape index (κ3) is 4.39. The Morgan fingerprint density at radius 2 is 1.94 bits per heavy atom. The summed E-state index contributed by atoms with van der Waals surface area (Å²) in [6, 6.07) is 0. The van der Waals surface area contributed by atoms with E-state index >= 15 is 0 Å². The lowest BCUT2D eigenvalue weighted by molar-refractivity contribution is 0.591. The molecule has 1 heterocycles. The van der Waals surface area contributed by atoms with Crippen molar-refractivity contribution < 1.29 is 16.8 Å². The second-order valence-corrected chi connectivity index (χ2v) is 7.88. The van der Waals surface area contributed by atoms with E-state index in [1.807, 2.05) is 6.92 Å². The van der Waals surface area contributed by atoms with Crippen molar-refractivity contribution in [1.29, 1.82) is 0 Å². The van der Waals surface area contributed by atoms with Gasteiger partial charge in [0.05, 0.1) is 5.75 Å². The minimum atomic E-state index is -3.86. The Morgan fingerprint density at radius 1 is 1.33 bits per heavy atom. The summed E-state index contributed by atoms with van der Waals surface area (Å²) < 4.78 is 46.1. The van der Waals surface area contributed by atoms with Gasteiger partial charge in [0, 0.05) is 25.4 Å². The molecule has 1 rings (SSSR count). The summed E-state index contributed by atoms with van der Waals surface area (Å²) in [5.41, 5.74) is 0. The summed E-state index contributed by atoms with van der Waals surface area (Å²) in [5, 5.41) is 4.77. The number of aryl methyl sites for hydroxylation is 2. The lowest BCUT2D eigenvalue weighted by Crippen LogP contribution is -2.13. The Kier molecular flexibility index (Phi) is 4.51. The van der Waals surface area contributed by atoms with Crippen molar-refractivity contribution in [3.05, 3.63) is 12.0 Å². The van der Waals surface area contributed by atoms with Gasteiger partial charge in [-0.1, -0.05) is 6.92 Å². The van der Waals surface area contributed by atoms with Crippen LogP contribution in [0, 0.1) is 0 Å². The second-order valence-electron chi connectivity index (χ2n) is 4.11. The number of hydrogen-bond donors (Lipinski definition) is 1. The van der Waals surface area contributed by atoms with Crippen LogP contribution >= 0.6 is 0 Å². The molecule has 0 radical (unpaired) electrons. The number of nitrogens with two attached hydrogens (primary N) is 1. The van der Waals surface area contributed by atoms with E-state index in [1.54, 1.807) is 0 Å². The molecule has 18 heavy (non-hydrogen) atoms. The summed E-state index contributed by atoms with van der Waals surface area (Å²) in [4.78, 5) is 3.93. The average molecular weight is 295 g/mol. The van der Waals surface area contributed by atoms with Crippen LogP contribution in [0.2, 0.25) is 0 Å². The molecule has 0 unspecified atom stereocenters. The molecule has 0 bridgehead atoms. The number of aromatic nitrogens is 2. The molecule has 1 aromatic heterocycles. The molecule has 0 aromatic carbocycles. The number of sulfonamides is 1. The predicted molar refractivity (Wildman–Crippen MR) is 67.3 cm³/mol. The number of nitrogens with zero attached hydrogens (tertiary/aromatic N) is 2. The Bertz CT molecular complexity index is 616. The number of hydrogen-bond acceptors (Lipinski definition) is 5. The first-order chi connectivity index (χ1) is 8.13. The van der Waals surface area contributed by atoms with Crippen LogP contribution in [0.25, 0.3) is 0 Å². The standard InChI is InChI=1S/C9H17N3O4S2/c1-3-4-8-11-9(18(10,15)16)7-12(8)5-6-17(2,13)14/h7H,3-6H2,1-2H3,(H2,10,15,16). The predicted octanol–water partition coefficient (Wildman–Crippen LogP) is -0.472. The van der Waals surface area contributed by atoms with Gasteiger partial charge in [-0.2, -0.15) is 0 Å². The van der Waals surface area contributed by atoms with E-state index in [0.29, 0.717) is 12.2 Å². The first-order valence-corrected chi connectivity index (χ1v) is 9.00. The first kappa shape index (κ1) is 15.1. The van der Waals surface area contributed by atoms with Crippen molar-refractivity contribution in [3.63, 3.8) is 0 Å². The van der Waals surface area contributed by atoms with Crippen molar-refractivity contribution in [3.8, 4) is 0 Å². The van der Waals surface area contributed by atoms with Crippen molar-refractivity contribution in [2.24, 2.45) is 5.14 Å². The van der Waals surface area contributed by atoms with Crippen molar-refractivity contribution >= 4 is 19.9 Å². The fourth-order valence-electron chi connectivity index (χ4n) is 1.45. The summed E-state index contributed by atoms with van der Waals surface area (Å²) in [7, 11) is -6.97. The molecule has 0 saturated heterocycles. The van der Waals surface area contributed by atoms with Gasteiger partial charge in [-0.05, 0) is 6.42 Å². The molecule has 9 heteroatoms. The van der Waals surface area contributed by atoms with Crippen LogP contribution in [-0.4, -0.2) is 38.4 Å². The SMILES string of the molecule is CCCc1nc(S(N)(=O)=O)cn1CCS(C)(=O)=O. The maximum Gasteiger partial charge on any atom is 0.257 e. The molecule has 2 N–H and O–H groups in total. The minimum Gasteiger partial charge on any atom is -0.332 e. The minimum absolute atomic E-state index is 0.0653. The van der Waals surface area contributed by atoms with E-state index in [2.05, 4.69) is 4.98 Å².